The molecule has 0 bridgehead atoms. The minimum absolute atomic E-state index is 0. The normalized spacial score (nSPS) is 13.3. The molecule has 2 N–H and O–H groups in total. The van der Waals surface area contributed by atoms with Crippen molar-refractivity contribution in [1.82, 2.24) is 0 Å². The van der Waals surface area contributed by atoms with Gasteiger partial charge in [-0.25, -0.2) is 0 Å². The molecule has 1 aromatic rings. The Hall–Kier alpha value is -0.710. The highest BCUT2D eigenvalue weighted by atomic mass is 35.5. The number of hydrogen-bond acceptors (Lipinski definition) is 4. The van der Waals surface area contributed by atoms with Crippen LogP contribution in [0.3, 0.4) is 0 Å². The third-order valence-electron chi connectivity index (χ3n) is 3.16. The number of benzene rings is 1. The lowest BCUT2D eigenvalue weighted by Crippen LogP contribution is -2.37. The second-order valence-corrected chi connectivity index (χ2v) is 8.31. The highest BCUT2D eigenvalue weighted by molar-refractivity contribution is 8.00. The maximum absolute atomic E-state index is 11.9. The predicted octanol–water partition coefficient (Wildman–Crippen LogP) is 4.20. The minimum Gasteiger partial charge on any atom is -0.469 e. The molecule has 1 rings (SSSR count). The van der Waals surface area contributed by atoms with Crippen molar-refractivity contribution in [2.45, 2.75) is 50.3 Å². The van der Waals surface area contributed by atoms with Gasteiger partial charge < -0.3 is 10.5 Å². The van der Waals surface area contributed by atoms with Gasteiger partial charge in [-0.2, -0.15) is 0 Å². The van der Waals surface area contributed by atoms with Gasteiger partial charge in [0.05, 0.1) is 12.5 Å². The van der Waals surface area contributed by atoms with Crippen LogP contribution in [0.25, 0.3) is 0 Å². The number of hydrogen-bond donors (Lipinski definition) is 1. The number of ether oxygens (including phenoxy) is 1. The van der Waals surface area contributed by atoms with Crippen molar-refractivity contribution in [1.29, 1.82) is 0 Å². The quantitative estimate of drug-likeness (QED) is 0.663. The van der Waals surface area contributed by atoms with Crippen LogP contribution in [0.2, 0.25) is 0 Å². The van der Waals surface area contributed by atoms with E-state index in [0.717, 1.165) is 10.5 Å². The van der Waals surface area contributed by atoms with Gasteiger partial charge in [-0.3, -0.25) is 4.79 Å². The van der Waals surface area contributed by atoms with Gasteiger partial charge in [0, 0.05) is 15.7 Å². The van der Waals surface area contributed by atoms with Gasteiger partial charge in [-0.1, -0.05) is 39.0 Å². The molecular formula is C16H26ClNO2S. The first-order valence-corrected chi connectivity index (χ1v) is 7.53. The summed E-state index contributed by atoms with van der Waals surface area (Å²) in [5.74, 6) is -0.291. The van der Waals surface area contributed by atoms with E-state index in [2.05, 4.69) is 26.8 Å². The highest BCUT2D eigenvalue weighted by Crippen LogP contribution is 2.40. The molecule has 0 heterocycles. The molecule has 0 fully saturated rings. The number of esters is 1. The van der Waals surface area contributed by atoms with Crippen molar-refractivity contribution in [3.8, 4) is 0 Å². The van der Waals surface area contributed by atoms with E-state index in [1.165, 1.54) is 7.11 Å². The molecule has 0 aliphatic rings. The molecule has 0 aromatic heterocycles. The summed E-state index contributed by atoms with van der Waals surface area (Å²) in [6.45, 7) is 10.1. The Balaban J connectivity index is 0.00000400. The van der Waals surface area contributed by atoms with Gasteiger partial charge in [-0.05, 0) is 25.5 Å². The number of carbonyl (C=O) groups excluding carboxylic acids is 1. The summed E-state index contributed by atoms with van der Waals surface area (Å²) in [5, 5.41) is 0. The molecule has 0 amide bonds. The molecule has 21 heavy (non-hydrogen) atoms. The van der Waals surface area contributed by atoms with Gasteiger partial charge in [0.25, 0.3) is 0 Å². The van der Waals surface area contributed by atoms with E-state index in [1.807, 2.05) is 32.0 Å². The van der Waals surface area contributed by atoms with Crippen LogP contribution in [0.1, 0.15) is 46.2 Å². The van der Waals surface area contributed by atoms with Gasteiger partial charge in [0.1, 0.15) is 0 Å². The van der Waals surface area contributed by atoms with Crippen molar-refractivity contribution in [3.63, 3.8) is 0 Å². The van der Waals surface area contributed by atoms with E-state index in [9.17, 15) is 4.79 Å². The lowest BCUT2D eigenvalue weighted by Gasteiger charge is -2.31. The molecule has 0 unspecified atom stereocenters. The number of thioether (sulfide) groups is 1. The van der Waals surface area contributed by atoms with Crippen LogP contribution in [0.4, 0.5) is 0 Å². The van der Waals surface area contributed by atoms with Gasteiger partial charge >= 0.3 is 5.97 Å². The van der Waals surface area contributed by atoms with Gasteiger partial charge in [0.15, 0.2) is 0 Å². The molecule has 1 aromatic carbocycles. The van der Waals surface area contributed by atoms with Crippen molar-refractivity contribution < 1.29 is 9.53 Å². The van der Waals surface area contributed by atoms with Crippen LogP contribution in [0.5, 0.6) is 0 Å². The number of methoxy groups -OCH3 is 1. The average Bonchev–Trinajstić information content (AvgIpc) is 2.35. The van der Waals surface area contributed by atoms with Crippen LogP contribution < -0.4 is 5.73 Å². The Morgan fingerprint density at radius 1 is 1.19 bits per heavy atom. The Morgan fingerprint density at radius 3 is 2.19 bits per heavy atom. The molecule has 0 aliphatic heterocycles. The molecule has 0 radical (unpaired) electrons. The van der Waals surface area contributed by atoms with E-state index in [4.69, 9.17) is 10.5 Å². The minimum atomic E-state index is -0.761. The summed E-state index contributed by atoms with van der Waals surface area (Å²) in [7, 11) is 1.40. The fourth-order valence-corrected chi connectivity index (χ4v) is 3.06. The first-order chi connectivity index (χ1) is 9.09. The Labute approximate surface area is 138 Å². The van der Waals surface area contributed by atoms with Crippen molar-refractivity contribution in [2.24, 2.45) is 11.1 Å². The standard InChI is InChI=1S/C16H25NO2S.ClH/c1-15(2,3)20-12-10-8-7-9-11(12)13(17)16(4,5)14(18)19-6;/h7-10,13H,17H2,1-6H3;1H/t13-;/m0./s1. The summed E-state index contributed by atoms with van der Waals surface area (Å²) in [4.78, 5) is 13.1. The van der Waals surface area contributed by atoms with E-state index >= 15 is 0 Å². The molecule has 1 atom stereocenters. The number of halogens is 1. The monoisotopic (exact) mass is 331 g/mol. The second kappa shape index (κ2) is 7.52. The number of carbonyl (C=O) groups is 1. The maximum atomic E-state index is 11.9. The van der Waals surface area contributed by atoms with Crippen LogP contribution in [-0.4, -0.2) is 17.8 Å². The molecule has 0 saturated heterocycles. The third-order valence-corrected chi connectivity index (χ3v) is 4.36. The fourth-order valence-electron chi connectivity index (χ4n) is 1.94. The number of nitrogens with two attached hydrogens (primary N) is 1. The van der Waals surface area contributed by atoms with Crippen molar-refractivity contribution in [3.05, 3.63) is 29.8 Å². The van der Waals surface area contributed by atoms with E-state index in [1.54, 1.807) is 11.8 Å². The first-order valence-electron chi connectivity index (χ1n) is 6.71. The van der Waals surface area contributed by atoms with Crippen LogP contribution >= 0.6 is 24.2 Å². The average molecular weight is 332 g/mol. The molecule has 3 nitrogen and oxygen atoms in total. The number of rotatable bonds is 4. The maximum Gasteiger partial charge on any atom is 0.313 e. The molecule has 120 valence electrons. The second-order valence-electron chi connectivity index (χ2n) is 6.44. The van der Waals surface area contributed by atoms with Crippen molar-refractivity contribution >= 4 is 30.1 Å². The SMILES string of the molecule is COC(=O)C(C)(C)[C@@H](N)c1ccccc1SC(C)(C)C.Cl. The lowest BCUT2D eigenvalue weighted by atomic mass is 9.81. The lowest BCUT2D eigenvalue weighted by molar-refractivity contribution is -0.152. The summed E-state index contributed by atoms with van der Waals surface area (Å²) >= 11 is 1.76. The van der Waals surface area contributed by atoms with Gasteiger partial charge in [0.2, 0.25) is 0 Å². The van der Waals surface area contributed by atoms with E-state index in [-0.39, 0.29) is 23.1 Å². The third kappa shape index (κ3) is 5.20. The van der Waals surface area contributed by atoms with Crippen LogP contribution in [0.15, 0.2) is 29.2 Å². The molecule has 0 saturated carbocycles. The molecule has 0 spiro atoms. The predicted molar refractivity (Wildman–Crippen MR) is 92.0 cm³/mol. The zero-order valence-electron chi connectivity index (χ0n) is 13.6. The Bertz CT molecular complexity index is 483. The zero-order valence-corrected chi connectivity index (χ0v) is 15.2. The molecular weight excluding hydrogens is 306 g/mol. The largest absolute Gasteiger partial charge is 0.469 e. The van der Waals surface area contributed by atoms with Gasteiger partial charge in [-0.15, -0.1) is 24.2 Å². The van der Waals surface area contributed by atoms with Crippen molar-refractivity contribution in [2.75, 3.05) is 7.11 Å². The fraction of sp³-hybridized carbons (Fsp3) is 0.562. The summed E-state index contributed by atoms with van der Waals surface area (Å²) in [6.07, 6.45) is 0. The highest BCUT2D eigenvalue weighted by Gasteiger charge is 2.37. The Morgan fingerprint density at radius 2 is 1.71 bits per heavy atom. The van der Waals surface area contributed by atoms with Crippen LogP contribution in [0, 0.1) is 5.41 Å². The summed E-state index contributed by atoms with van der Waals surface area (Å²) < 4.78 is 4.96. The smallest absolute Gasteiger partial charge is 0.313 e. The van der Waals surface area contributed by atoms with E-state index in [0.29, 0.717) is 0 Å². The summed E-state index contributed by atoms with van der Waals surface area (Å²) in [5.41, 5.74) is 6.58. The van der Waals surface area contributed by atoms with E-state index < -0.39 is 11.5 Å². The van der Waals surface area contributed by atoms with Crippen LogP contribution in [-0.2, 0) is 9.53 Å². The first kappa shape index (κ1) is 20.3. The molecule has 5 heteroatoms. The molecule has 0 aliphatic carbocycles. The zero-order chi connectivity index (χ0) is 15.6. The topological polar surface area (TPSA) is 52.3 Å². The summed E-state index contributed by atoms with van der Waals surface area (Å²) in [6, 6.07) is 7.59. The Kier molecular flexibility index (Phi) is 7.27.